The van der Waals surface area contributed by atoms with Gasteiger partial charge in [-0.1, -0.05) is 25.6 Å². The van der Waals surface area contributed by atoms with Gasteiger partial charge in [-0.3, -0.25) is 4.68 Å². The maximum absolute atomic E-state index is 12.3. The highest BCUT2D eigenvalue weighted by Crippen LogP contribution is 2.34. The maximum atomic E-state index is 12.3. The Labute approximate surface area is 186 Å². The van der Waals surface area contributed by atoms with Crippen molar-refractivity contribution in [2.75, 3.05) is 19.7 Å². The molecule has 0 radical (unpaired) electrons. The van der Waals surface area contributed by atoms with Crippen molar-refractivity contribution >= 4 is 29.0 Å². The Morgan fingerprint density at radius 1 is 1.35 bits per heavy atom. The minimum absolute atomic E-state index is 0.229. The molecule has 1 saturated heterocycles. The SMILES string of the molecule is CCn1ncc(-c2nc3c(S[C@H]4CCN(C(=O)OCC(C)C)C4)ncnc3n2C)c1C. The van der Waals surface area contributed by atoms with Gasteiger partial charge in [0, 0.05) is 37.6 Å². The number of ether oxygens (including phenoxy) is 1. The van der Waals surface area contributed by atoms with Crippen LogP contribution in [0.3, 0.4) is 0 Å². The molecule has 0 saturated carbocycles. The monoisotopic (exact) mass is 443 g/mol. The summed E-state index contributed by atoms with van der Waals surface area (Å²) in [7, 11) is 1.97. The number of fused-ring (bicyclic) bond motifs is 1. The van der Waals surface area contributed by atoms with Crippen molar-refractivity contribution in [1.29, 1.82) is 0 Å². The molecule has 31 heavy (non-hydrogen) atoms. The zero-order chi connectivity index (χ0) is 22.1. The van der Waals surface area contributed by atoms with Crippen LogP contribution in [0.5, 0.6) is 0 Å². The van der Waals surface area contributed by atoms with E-state index in [1.165, 1.54) is 0 Å². The largest absolute Gasteiger partial charge is 0.449 e. The maximum Gasteiger partial charge on any atom is 0.409 e. The molecule has 10 heteroatoms. The van der Waals surface area contributed by atoms with Gasteiger partial charge in [0.25, 0.3) is 0 Å². The summed E-state index contributed by atoms with van der Waals surface area (Å²) in [4.78, 5) is 27.9. The standard InChI is InChI=1S/C21H29N7O2S/c1-6-28-14(4)16(9-24-28)18-25-17-19(26(18)5)22-12-23-20(17)31-15-7-8-27(10-15)21(29)30-11-13(2)3/h9,12-13,15H,6-8,10-11H2,1-5H3/t15-/m0/s1. The molecule has 0 spiro atoms. The first-order valence-corrected chi connectivity index (χ1v) is 11.6. The van der Waals surface area contributed by atoms with Gasteiger partial charge in [-0.05, 0) is 26.2 Å². The van der Waals surface area contributed by atoms with Gasteiger partial charge < -0.3 is 14.2 Å². The van der Waals surface area contributed by atoms with Crippen molar-refractivity contribution in [3.05, 3.63) is 18.2 Å². The van der Waals surface area contributed by atoms with Crippen LogP contribution in [-0.4, -0.2) is 65.2 Å². The van der Waals surface area contributed by atoms with Crippen molar-refractivity contribution in [2.45, 2.75) is 50.9 Å². The van der Waals surface area contributed by atoms with Gasteiger partial charge in [0.1, 0.15) is 22.7 Å². The second-order valence-electron chi connectivity index (χ2n) is 8.25. The Balaban J connectivity index is 1.54. The molecule has 166 valence electrons. The molecule has 0 N–H and O–H groups in total. The number of likely N-dealkylation sites (tertiary alicyclic amines) is 1. The summed E-state index contributed by atoms with van der Waals surface area (Å²) < 4.78 is 9.33. The predicted molar refractivity (Wildman–Crippen MR) is 120 cm³/mol. The van der Waals surface area contributed by atoms with Gasteiger partial charge in [-0.2, -0.15) is 5.10 Å². The molecule has 1 amide bonds. The Kier molecular flexibility index (Phi) is 6.17. The Hall–Kier alpha value is -2.62. The average Bonchev–Trinajstić information content (AvgIpc) is 3.44. The summed E-state index contributed by atoms with van der Waals surface area (Å²) >= 11 is 1.66. The third-order valence-corrected chi connectivity index (χ3v) is 6.73. The third-order valence-electron chi connectivity index (χ3n) is 5.49. The first-order valence-electron chi connectivity index (χ1n) is 10.7. The summed E-state index contributed by atoms with van der Waals surface area (Å²) in [6.45, 7) is 10.8. The number of carbonyl (C=O) groups excluding carboxylic acids is 1. The van der Waals surface area contributed by atoms with Crippen LogP contribution in [0.2, 0.25) is 0 Å². The highest BCUT2D eigenvalue weighted by atomic mass is 32.2. The zero-order valence-corrected chi connectivity index (χ0v) is 19.5. The second kappa shape index (κ2) is 8.86. The molecule has 4 rings (SSSR count). The molecule has 0 bridgehead atoms. The molecule has 3 aromatic rings. The molecule has 4 heterocycles. The van der Waals surface area contributed by atoms with Gasteiger partial charge in [-0.15, -0.1) is 0 Å². The van der Waals surface area contributed by atoms with E-state index in [0.29, 0.717) is 25.6 Å². The zero-order valence-electron chi connectivity index (χ0n) is 18.7. The highest BCUT2D eigenvalue weighted by Gasteiger charge is 2.29. The average molecular weight is 444 g/mol. The Morgan fingerprint density at radius 3 is 2.87 bits per heavy atom. The minimum atomic E-state index is -0.229. The van der Waals surface area contributed by atoms with Gasteiger partial charge in [0.05, 0.1) is 18.4 Å². The first kappa shape index (κ1) is 21.6. The van der Waals surface area contributed by atoms with Crippen molar-refractivity contribution < 1.29 is 9.53 Å². The summed E-state index contributed by atoms with van der Waals surface area (Å²) in [5.41, 5.74) is 3.66. The summed E-state index contributed by atoms with van der Waals surface area (Å²) in [5.74, 6) is 1.16. The van der Waals surface area contributed by atoms with Crippen LogP contribution in [-0.2, 0) is 18.3 Å². The molecule has 9 nitrogen and oxygen atoms in total. The molecule has 3 aromatic heterocycles. The number of aromatic nitrogens is 6. The lowest BCUT2D eigenvalue weighted by molar-refractivity contribution is 0.0996. The van der Waals surface area contributed by atoms with Crippen molar-refractivity contribution in [1.82, 2.24) is 34.2 Å². The fraction of sp³-hybridized carbons (Fsp3) is 0.571. The van der Waals surface area contributed by atoms with Crippen molar-refractivity contribution in [3.8, 4) is 11.4 Å². The second-order valence-corrected chi connectivity index (χ2v) is 9.54. The van der Waals surface area contributed by atoms with Crippen LogP contribution in [0.1, 0.15) is 32.9 Å². The van der Waals surface area contributed by atoms with E-state index in [1.807, 2.05) is 36.3 Å². The number of amides is 1. The van der Waals surface area contributed by atoms with Gasteiger partial charge in [0.15, 0.2) is 5.65 Å². The Morgan fingerprint density at radius 2 is 2.16 bits per heavy atom. The van der Waals surface area contributed by atoms with Crippen LogP contribution in [0, 0.1) is 12.8 Å². The quantitative estimate of drug-likeness (QED) is 0.538. The Bertz CT molecular complexity index is 1090. The van der Waals surface area contributed by atoms with Crippen LogP contribution in [0.25, 0.3) is 22.6 Å². The molecular formula is C21H29N7O2S. The van der Waals surface area contributed by atoms with Crippen LogP contribution < -0.4 is 0 Å². The number of aryl methyl sites for hydroxylation is 2. The fourth-order valence-corrected chi connectivity index (χ4v) is 4.92. The molecule has 0 aliphatic carbocycles. The summed E-state index contributed by atoms with van der Waals surface area (Å²) in [6.07, 6.45) is 4.11. The number of nitrogens with zero attached hydrogens (tertiary/aromatic N) is 7. The number of rotatable bonds is 6. The topological polar surface area (TPSA) is 91.0 Å². The van der Waals surface area contributed by atoms with Gasteiger partial charge in [0.2, 0.25) is 0 Å². The fourth-order valence-electron chi connectivity index (χ4n) is 3.77. The van der Waals surface area contributed by atoms with Gasteiger partial charge >= 0.3 is 6.09 Å². The lowest BCUT2D eigenvalue weighted by Gasteiger charge is -2.17. The van der Waals surface area contributed by atoms with Crippen LogP contribution >= 0.6 is 11.8 Å². The third kappa shape index (κ3) is 4.26. The number of hydrogen-bond donors (Lipinski definition) is 0. The van der Waals surface area contributed by atoms with Crippen molar-refractivity contribution in [2.24, 2.45) is 13.0 Å². The van der Waals surface area contributed by atoms with E-state index >= 15 is 0 Å². The van der Waals surface area contributed by atoms with Crippen molar-refractivity contribution in [3.63, 3.8) is 0 Å². The lowest BCUT2D eigenvalue weighted by atomic mass is 10.2. The molecule has 0 aromatic carbocycles. The van der Waals surface area contributed by atoms with E-state index in [9.17, 15) is 4.79 Å². The van der Waals surface area contributed by atoms with E-state index in [4.69, 9.17) is 9.72 Å². The van der Waals surface area contributed by atoms with Gasteiger partial charge in [-0.25, -0.2) is 19.7 Å². The van der Waals surface area contributed by atoms with E-state index in [2.05, 4.69) is 28.9 Å². The molecule has 1 aliphatic rings. The van der Waals surface area contributed by atoms with E-state index in [0.717, 1.165) is 46.2 Å². The summed E-state index contributed by atoms with van der Waals surface area (Å²) in [5, 5.41) is 5.54. The number of thioether (sulfide) groups is 1. The van der Waals surface area contributed by atoms with E-state index in [1.54, 1.807) is 23.0 Å². The number of carbonyl (C=O) groups is 1. The molecule has 1 atom stereocenters. The van der Waals surface area contributed by atoms with E-state index in [-0.39, 0.29) is 11.3 Å². The highest BCUT2D eigenvalue weighted by molar-refractivity contribution is 8.00. The van der Waals surface area contributed by atoms with Crippen LogP contribution in [0.15, 0.2) is 17.6 Å². The molecule has 1 fully saturated rings. The smallest absolute Gasteiger partial charge is 0.409 e. The predicted octanol–water partition coefficient (Wildman–Crippen LogP) is 3.51. The lowest BCUT2D eigenvalue weighted by Crippen LogP contribution is -2.30. The number of imidazole rings is 1. The molecule has 1 aliphatic heterocycles. The molecular weight excluding hydrogens is 414 g/mol. The number of hydrogen-bond acceptors (Lipinski definition) is 7. The van der Waals surface area contributed by atoms with Crippen LogP contribution in [0.4, 0.5) is 4.79 Å². The minimum Gasteiger partial charge on any atom is -0.449 e. The normalized spacial score (nSPS) is 16.6. The summed E-state index contributed by atoms with van der Waals surface area (Å²) in [6, 6.07) is 0. The van der Waals surface area contributed by atoms with E-state index < -0.39 is 0 Å². The molecule has 0 unspecified atom stereocenters. The first-order chi connectivity index (χ1) is 14.9.